The van der Waals surface area contributed by atoms with Crippen molar-refractivity contribution in [1.29, 1.82) is 0 Å². The van der Waals surface area contributed by atoms with Crippen molar-refractivity contribution in [3.63, 3.8) is 0 Å². The Morgan fingerprint density at radius 3 is 2.59 bits per heavy atom. The summed E-state index contributed by atoms with van der Waals surface area (Å²) in [5, 5.41) is 15.1. The fraction of sp³-hybridized carbons (Fsp3) is 0.467. The van der Waals surface area contributed by atoms with Gasteiger partial charge in [-0.25, -0.2) is 9.67 Å². The lowest BCUT2D eigenvalue weighted by molar-refractivity contribution is -0.384. The SMILES string of the molecule is CC1CCN(Cn2cnc(-c3ccc([N+](=O)[O-])cc3)n2)CC1. The fourth-order valence-electron chi connectivity index (χ4n) is 2.64. The van der Waals surface area contributed by atoms with Crippen molar-refractivity contribution >= 4 is 5.69 Å². The molecule has 7 heteroatoms. The summed E-state index contributed by atoms with van der Waals surface area (Å²) in [6.45, 7) is 5.22. The summed E-state index contributed by atoms with van der Waals surface area (Å²) in [5.41, 5.74) is 0.863. The van der Waals surface area contributed by atoms with Crippen LogP contribution < -0.4 is 0 Å². The van der Waals surface area contributed by atoms with Crippen molar-refractivity contribution in [2.24, 2.45) is 5.92 Å². The van der Waals surface area contributed by atoms with Gasteiger partial charge in [0.1, 0.15) is 6.33 Å². The average molecular weight is 301 g/mol. The Morgan fingerprint density at radius 1 is 1.27 bits per heavy atom. The van der Waals surface area contributed by atoms with E-state index >= 15 is 0 Å². The van der Waals surface area contributed by atoms with Crippen LogP contribution in [0.5, 0.6) is 0 Å². The van der Waals surface area contributed by atoms with Crippen molar-refractivity contribution in [3.8, 4) is 11.4 Å². The van der Waals surface area contributed by atoms with Gasteiger partial charge in [-0.3, -0.25) is 15.0 Å². The van der Waals surface area contributed by atoms with Gasteiger partial charge in [-0.15, -0.1) is 5.10 Å². The molecule has 1 aliphatic heterocycles. The summed E-state index contributed by atoms with van der Waals surface area (Å²) in [7, 11) is 0. The summed E-state index contributed by atoms with van der Waals surface area (Å²) < 4.78 is 1.83. The normalized spacial score (nSPS) is 16.8. The van der Waals surface area contributed by atoms with Gasteiger partial charge in [0, 0.05) is 30.8 Å². The first-order valence-electron chi connectivity index (χ1n) is 7.48. The summed E-state index contributed by atoms with van der Waals surface area (Å²) in [6, 6.07) is 6.31. The van der Waals surface area contributed by atoms with Crippen LogP contribution in [0.3, 0.4) is 0 Å². The van der Waals surface area contributed by atoms with E-state index in [1.54, 1.807) is 18.5 Å². The highest BCUT2D eigenvalue weighted by Gasteiger charge is 2.16. The molecule has 22 heavy (non-hydrogen) atoms. The predicted molar refractivity (Wildman–Crippen MR) is 82.1 cm³/mol. The Morgan fingerprint density at radius 2 is 1.95 bits per heavy atom. The first-order valence-corrected chi connectivity index (χ1v) is 7.48. The summed E-state index contributed by atoms with van der Waals surface area (Å²) >= 11 is 0. The lowest BCUT2D eigenvalue weighted by atomic mass is 10.00. The Hall–Kier alpha value is -2.28. The van der Waals surface area contributed by atoms with Crippen LogP contribution in [0.1, 0.15) is 19.8 Å². The van der Waals surface area contributed by atoms with Gasteiger partial charge in [0.25, 0.3) is 5.69 Å². The molecule has 1 aromatic carbocycles. The molecule has 0 unspecified atom stereocenters. The monoisotopic (exact) mass is 301 g/mol. The number of nitrogens with zero attached hydrogens (tertiary/aromatic N) is 5. The molecule has 0 radical (unpaired) electrons. The average Bonchev–Trinajstić information content (AvgIpc) is 2.98. The highest BCUT2D eigenvalue weighted by atomic mass is 16.6. The second-order valence-corrected chi connectivity index (χ2v) is 5.85. The molecule has 2 heterocycles. The third-order valence-corrected chi connectivity index (χ3v) is 4.09. The van der Waals surface area contributed by atoms with Crippen LogP contribution in [0, 0.1) is 16.0 Å². The number of nitro groups is 1. The number of aromatic nitrogens is 3. The molecular formula is C15H19N5O2. The molecule has 116 valence electrons. The minimum absolute atomic E-state index is 0.0746. The molecule has 7 nitrogen and oxygen atoms in total. The fourth-order valence-corrected chi connectivity index (χ4v) is 2.64. The number of piperidine rings is 1. The molecule has 0 aliphatic carbocycles. The van der Waals surface area contributed by atoms with E-state index in [1.807, 2.05) is 4.68 Å². The summed E-state index contributed by atoms with van der Waals surface area (Å²) in [5.74, 6) is 1.41. The van der Waals surface area contributed by atoms with Crippen LogP contribution in [-0.4, -0.2) is 37.7 Å². The molecule has 0 saturated carbocycles. The zero-order valence-electron chi connectivity index (χ0n) is 12.6. The smallest absolute Gasteiger partial charge is 0.269 e. The molecule has 0 N–H and O–H groups in total. The van der Waals surface area contributed by atoms with Crippen molar-refractivity contribution in [2.75, 3.05) is 13.1 Å². The second kappa shape index (κ2) is 6.23. The van der Waals surface area contributed by atoms with E-state index in [0.29, 0.717) is 5.82 Å². The lowest BCUT2D eigenvalue weighted by Gasteiger charge is -2.29. The Bertz CT molecular complexity index is 644. The predicted octanol–water partition coefficient (Wildman–Crippen LogP) is 2.54. The van der Waals surface area contributed by atoms with Crippen LogP contribution in [0.4, 0.5) is 5.69 Å². The summed E-state index contributed by atoms with van der Waals surface area (Å²) in [4.78, 5) is 16.9. The molecule has 1 saturated heterocycles. The van der Waals surface area contributed by atoms with Crippen LogP contribution >= 0.6 is 0 Å². The van der Waals surface area contributed by atoms with E-state index in [2.05, 4.69) is 21.9 Å². The Balaban J connectivity index is 1.66. The highest BCUT2D eigenvalue weighted by Crippen LogP contribution is 2.20. The zero-order chi connectivity index (χ0) is 15.5. The first kappa shape index (κ1) is 14.6. The van der Waals surface area contributed by atoms with Gasteiger partial charge in [0.05, 0.1) is 11.6 Å². The maximum Gasteiger partial charge on any atom is 0.269 e. The zero-order valence-corrected chi connectivity index (χ0v) is 12.6. The number of hydrogen-bond donors (Lipinski definition) is 0. The molecule has 0 amide bonds. The van der Waals surface area contributed by atoms with E-state index in [9.17, 15) is 10.1 Å². The molecule has 2 aromatic rings. The molecular weight excluding hydrogens is 282 g/mol. The molecule has 0 spiro atoms. The molecule has 0 bridgehead atoms. The molecule has 1 aliphatic rings. The lowest BCUT2D eigenvalue weighted by Crippen LogP contribution is -2.34. The van der Waals surface area contributed by atoms with Gasteiger partial charge in [-0.2, -0.15) is 0 Å². The van der Waals surface area contributed by atoms with Gasteiger partial charge in [-0.1, -0.05) is 6.92 Å². The van der Waals surface area contributed by atoms with E-state index in [-0.39, 0.29) is 5.69 Å². The van der Waals surface area contributed by atoms with E-state index in [4.69, 9.17) is 0 Å². The van der Waals surface area contributed by atoms with Crippen molar-refractivity contribution in [3.05, 3.63) is 40.7 Å². The standard InChI is InChI=1S/C15H19N5O2/c1-12-6-8-18(9-7-12)11-19-10-16-15(17-19)13-2-4-14(5-3-13)20(21)22/h2-5,10,12H,6-9,11H2,1H3. The van der Waals surface area contributed by atoms with Gasteiger partial charge < -0.3 is 0 Å². The number of likely N-dealkylation sites (tertiary alicyclic amines) is 1. The van der Waals surface area contributed by atoms with Crippen LogP contribution in [-0.2, 0) is 6.67 Å². The van der Waals surface area contributed by atoms with Crippen molar-refractivity contribution in [1.82, 2.24) is 19.7 Å². The van der Waals surface area contributed by atoms with Crippen molar-refractivity contribution in [2.45, 2.75) is 26.4 Å². The third kappa shape index (κ3) is 3.30. The third-order valence-electron chi connectivity index (χ3n) is 4.09. The maximum absolute atomic E-state index is 10.7. The Kier molecular flexibility index (Phi) is 4.15. The van der Waals surface area contributed by atoms with E-state index in [1.165, 1.54) is 25.0 Å². The second-order valence-electron chi connectivity index (χ2n) is 5.85. The number of nitro benzene ring substituents is 1. The number of benzene rings is 1. The molecule has 1 fully saturated rings. The van der Waals surface area contributed by atoms with Gasteiger partial charge in [-0.05, 0) is 30.9 Å². The van der Waals surface area contributed by atoms with Gasteiger partial charge in [0.15, 0.2) is 5.82 Å². The maximum atomic E-state index is 10.7. The quantitative estimate of drug-likeness (QED) is 0.640. The minimum atomic E-state index is -0.410. The van der Waals surface area contributed by atoms with Gasteiger partial charge in [0.2, 0.25) is 0 Å². The van der Waals surface area contributed by atoms with Crippen LogP contribution in [0.15, 0.2) is 30.6 Å². The van der Waals surface area contributed by atoms with Crippen LogP contribution in [0.2, 0.25) is 0 Å². The topological polar surface area (TPSA) is 77.1 Å². The number of hydrogen-bond acceptors (Lipinski definition) is 5. The van der Waals surface area contributed by atoms with Crippen molar-refractivity contribution < 1.29 is 4.92 Å². The number of rotatable bonds is 4. The number of non-ortho nitro benzene ring substituents is 1. The first-order chi connectivity index (χ1) is 10.6. The largest absolute Gasteiger partial charge is 0.284 e. The van der Waals surface area contributed by atoms with E-state index in [0.717, 1.165) is 31.2 Å². The van der Waals surface area contributed by atoms with E-state index < -0.39 is 4.92 Å². The minimum Gasteiger partial charge on any atom is -0.284 e. The molecule has 1 aromatic heterocycles. The Labute approximate surface area is 128 Å². The highest BCUT2D eigenvalue weighted by molar-refractivity contribution is 5.56. The van der Waals surface area contributed by atoms with Crippen LogP contribution in [0.25, 0.3) is 11.4 Å². The van der Waals surface area contributed by atoms with Gasteiger partial charge >= 0.3 is 0 Å². The summed E-state index contributed by atoms with van der Waals surface area (Å²) in [6.07, 6.45) is 4.17. The molecule has 0 atom stereocenters. The molecule has 3 rings (SSSR count).